The highest BCUT2D eigenvalue weighted by Gasteiger charge is 2.58. The van der Waals surface area contributed by atoms with Crippen LogP contribution in [0.15, 0.2) is 0 Å². The Balaban J connectivity index is 2.01. The lowest BCUT2D eigenvalue weighted by molar-refractivity contribution is -0.167. The van der Waals surface area contributed by atoms with Gasteiger partial charge < -0.3 is 9.47 Å². The number of hydrogen-bond acceptors (Lipinski definition) is 4. The van der Waals surface area contributed by atoms with E-state index in [1.807, 2.05) is 6.92 Å². The first-order chi connectivity index (χ1) is 11.5. The highest BCUT2D eigenvalue weighted by molar-refractivity contribution is 5.84. The molecule has 4 nitrogen and oxygen atoms in total. The Hall–Kier alpha value is -1.06. The van der Waals surface area contributed by atoms with Gasteiger partial charge in [-0.3, -0.25) is 9.59 Å². The van der Waals surface area contributed by atoms with Crippen LogP contribution < -0.4 is 0 Å². The molecular formula is C20H34O4. The first kappa shape index (κ1) is 19.3. The maximum absolute atomic E-state index is 12.8. The molecule has 0 heterocycles. The van der Waals surface area contributed by atoms with Crippen molar-refractivity contribution in [3.8, 4) is 0 Å². The number of ether oxygens (including phenoxy) is 2. The highest BCUT2D eigenvalue weighted by atomic mass is 16.5. The summed E-state index contributed by atoms with van der Waals surface area (Å²) in [6, 6.07) is 0. The molecule has 2 fully saturated rings. The quantitative estimate of drug-likeness (QED) is 0.463. The molecule has 0 saturated heterocycles. The number of unbranched alkanes of at least 4 members (excludes halogenated alkanes) is 2. The van der Waals surface area contributed by atoms with Crippen molar-refractivity contribution in [2.45, 2.75) is 78.7 Å². The van der Waals surface area contributed by atoms with Gasteiger partial charge in [0.15, 0.2) is 0 Å². The van der Waals surface area contributed by atoms with Crippen LogP contribution >= 0.6 is 0 Å². The fraction of sp³-hybridized carbons (Fsp3) is 0.900. The van der Waals surface area contributed by atoms with Crippen molar-refractivity contribution in [3.05, 3.63) is 0 Å². The molecule has 2 rings (SSSR count). The Bertz CT molecular complexity index is 433. The summed E-state index contributed by atoms with van der Waals surface area (Å²) in [4.78, 5) is 25.3. The smallest absolute Gasteiger partial charge is 0.310 e. The highest BCUT2D eigenvalue weighted by Crippen LogP contribution is 2.56. The Morgan fingerprint density at radius 3 is 2.42 bits per heavy atom. The number of rotatable bonds is 9. The summed E-state index contributed by atoms with van der Waals surface area (Å²) in [5.41, 5.74) is 0. The van der Waals surface area contributed by atoms with Gasteiger partial charge in [-0.1, -0.05) is 33.6 Å². The van der Waals surface area contributed by atoms with Gasteiger partial charge >= 0.3 is 11.9 Å². The molecule has 0 spiro atoms. The average molecular weight is 338 g/mol. The molecule has 6 unspecified atom stereocenters. The molecule has 4 heteroatoms. The lowest BCUT2D eigenvalue weighted by Crippen LogP contribution is -2.40. The average Bonchev–Trinajstić information content (AvgIpc) is 3.10. The predicted molar refractivity (Wildman–Crippen MR) is 93.3 cm³/mol. The second-order valence-electron chi connectivity index (χ2n) is 7.64. The van der Waals surface area contributed by atoms with Crippen LogP contribution in [0, 0.1) is 29.6 Å². The van der Waals surface area contributed by atoms with Gasteiger partial charge in [-0.15, -0.1) is 0 Å². The molecule has 0 N–H and O–H groups in total. The van der Waals surface area contributed by atoms with E-state index in [-0.39, 0.29) is 35.8 Å². The fourth-order valence-corrected chi connectivity index (χ4v) is 4.79. The third-order valence-electron chi connectivity index (χ3n) is 6.04. The van der Waals surface area contributed by atoms with Crippen LogP contribution in [0.5, 0.6) is 0 Å². The van der Waals surface area contributed by atoms with Gasteiger partial charge in [-0.25, -0.2) is 0 Å². The Morgan fingerprint density at radius 2 is 1.79 bits per heavy atom. The number of hydrogen-bond donors (Lipinski definition) is 0. The minimum atomic E-state index is -0.292. The van der Waals surface area contributed by atoms with Crippen molar-refractivity contribution in [2.75, 3.05) is 6.61 Å². The maximum Gasteiger partial charge on any atom is 0.310 e. The van der Waals surface area contributed by atoms with E-state index in [0.717, 1.165) is 32.1 Å². The normalized spacial score (nSPS) is 32.6. The van der Waals surface area contributed by atoms with Gasteiger partial charge in [-0.05, 0) is 56.8 Å². The van der Waals surface area contributed by atoms with Gasteiger partial charge in [0.2, 0.25) is 0 Å². The second kappa shape index (κ2) is 8.87. The van der Waals surface area contributed by atoms with E-state index in [9.17, 15) is 9.59 Å². The van der Waals surface area contributed by atoms with Gasteiger partial charge in [0.25, 0.3) is 0 Å². The maximum atomic E-state index is 12.8. The van der Waals surface area contributed by atoms with E-state index in [2.05, 4.69) is 20.8 Å². The third kappa shape index (κ3) is 4.12. The van der Waals surface area contributed by atoms with E-state index >= 15 is 0 Å². The SMILES string of the molecule is CCCCCC(CC)OC(=O)C1C2CC(C)C(C2)C1C(=O)OCC. The van der Waals surface area contributed by atoms with Crippen molar-refractivity contribution >= 4 is 11.9 Å². The topological polar surface area (TPSA) is 52.6 Å². The monoisotopic (exact) mass is 338 g/mol. The van der Waals surface area contributed by atoms with Crippen molar-refractivity contribution < 1.29 is 19.1 Å². The molecule has 0 aromatic rings. The van der Waals surface area contributed by atoms with Crippen molar-refractivity contribution in [1.29, 1.82) is 0 Å². The summed E-state index contributed by atoms with van der Waals surface area (Å²) in [5, 5.41) is 0. The number of fused-ring (bicyclic) bond motifs is 2. The largest absolute Gasteiger partial charge is 0.466 e. The van der Waals surface area contributed by atoms with Crippen molar-refractivity contribution in [3.63, 3.8) is 0 Å². The van der Waals surface area contributed by atoms with Gasteiger partial charge in [-0.2, -0.15) is 0 Å². The van der Waals surface area contributed by atoms with Crippen LogP contribution in [0.3, 0.4) is 0 Å². The first-order valence-corrected chi connectivity index (χ1v) is 9.90. The van der Waals surface area contributed by atoms with Crippen LogP contribution in [0.4, 0.5) is 0 Å². The Labute approximate surface area is 146 Å². The van der Waals surface area contributed by atoms with Crippen LogP contribution in [-0.2, 0) is 19.1 Å². The first-order valence-electron chi connectivity index (χ1n) is 9.90. The molecule has 0 aromatic heterocycles. The molecule has 0 aliphatic heterocycles. The van der Waals surface area contributed by atoms with Gasteiger partial charge in [0, 0.05) is 0 Å². The molecule has 2 aliphatic carbocycles. The van der Waals surface area contributed by atoms with Crippen LogP contribution in [-0.4, -0.2) is 24.6 Å². The van der Waals surface area contributed by atoms with E-state index < -0.39 is 0 Å². The summed E-state index contributed by atoms with van der Waals surface area (Å²) in [7, 11) is 0. The zero-order valence-electron chi connectivity index (χ0n) is 15.8. The summed E-state index contributed by atoms with van der Waals surface area (Å²) < 4.78 is 11.1. The van der Waals surface area contributed by atoms with E-state index in [0.29, 0.717) is 18.4 Å². The van der Waals surface area contributed by atoms with Gasteiger partial charge in [0.1, 0.15) is 6.10 Å². The molecule has 0 amide bonds. The Kier molecular flexibility index (Phi) is 7.12. The van der Waals surface area contributed by atoms with Crippen LogP contribution in [0.1, 0.15) is 72.6 Å². The molecule has 6 atom stereocenters. The standard InChI is InChI=1S/C20H34O4/c1-5-8-9-10-15(6-2)24-20(22)17-14-11-13(4)16(12-14)18(17)19(21)23-7-3/h13-18H,5-12H2,1-4H3. The minimum absolute atomic E-state index is 0.0107. The second-order valence-corrected chi connectivity index (χ2v) is 7.64. The number of carbonyl (C=O) groups is 2. The molecule has 0 radical (unpaired) electrons. The van der Waals surface area contributed by atoms with Crippen molar-refractivity contribution in [1.82, 2.24) is 0 Å². The lowest BCUT2D eigenvalue weighted by Gasteiger charge is -2.32. The summed E-state index contributed by atoms with van der Waals surface area (Å²) in [6.45, 7) is 8.63. The van der Waals surface area contributed by atoms with E-state index in [4.69, 9.17) is 9.47 Å². The number of esters is 2. The molecular weight excluding hydrogens is 304 g/mol. The molecule has 24 heavy (non-hydrogen) atoms. The molecule has 2 aliphatic rings. The number of carbonyl (C=O) groups excluding carboxylic acids is 2. The van der Waals surface area contributed by atoms with Crippen LogP contribution in [0.2, 0.25) is 0 Å². The lowest BCUT2D eigenvalue weighted by atomic mass is 9.74. The van der Waals surface area contributed by atoms with Crippen molar-refractivity contribution in [2.24, 2.45) is 29.6 Å². The predicted octanol–water partition coefficient (Wildman–Crippen LogP) is 4.36. The van der Waals surface area contributed by atoms with E-state index in [1.54, 1.807) is 0 Å². The Morgan fingerprint density at radius 1 is 1.04 bits per heavy atom. The zero-order chi connectivity index (χ0) is 17.7. The summed E-state index contributed by atoms with van der Waals surface area (Å²) in [5.74, 6) is 0.143. The zero-order valence-corrected chi connectivity index (χ0v) is 15.8. The molecule has 2 bridgehead atoms. The minimum Gasteiger partial charge on any atom is -0.466 e. The van der Waals surface area contributed by atoms with Gasteiger partial charge in [0.05, 0.1) is 18.4 Å². The van der Waals surface area contributed by atoms with E-state index in [1.165, 1.54) is 12.8 Å². The summed E-state index contributed by atoms with van der Waals surface area (Å²) >= 11 is 0. The molecule has 2 saturated carbocycles. The summed E-state index contributed by atoms with van der Waals surface area (Å²) in [6.07, 6.45) is 7.20. The third-order valence-corrected chi connectivity index (χ3v) is 6.04. The fourth-order valence-electron chi connectivity index (χ4n) is 4.79. The molecule has 0 aromatic carbocycles. The van der Waals surface area contributed by atoms with Crippen LogP contribution in [0.25, 0.3) is 0 Å². The molecule has 138 valence electrons.